The van der Waals surface area contributed by atoms with E-state index in [1.54, 1.807) is 22.7 Å². The van der Waals surface area contributed by atoms with Gasteiger partial charge in [-0.1, -0.05) is 152 Å². The van der Waals surface area contributed by atoms with E-state index in [1.807, 2.05) is 0 Å². The predicted octanol–water partition coefficient (Wildman–Crippen LogP) is 17.2. The number of benzene rings is 4. The summed E-state index contributed by atoms with van der Waals surface area (Å²) < 4.78 is 14.2. The van der Waals surface area contributed by atoms with Crippen molar-refractivity contribution in [2.24, 2.45) is 0 Å². The van der Waals surface area contributed by atoms with Crippen LogP contribution in [0.25, 0.3) is 85.6 Å². The monoisotopic (exact) mass is 888 g/mol. The Kier molecular flexibility index (Phi) is 14.3. The molecule has 63 heavy (non-hydrogen) atoms. The fourth-order valence-electron chi connectivity index (χ4n) is 9.55. The van der Waals surface area contributed by atoms with Crippen molar-refractivity contribution in [3.8, 4) is 42.0 Å². The fraction of sp³-hybridized carbons (Fsp3) is 0.364. The van der Waals surface area contributed by atoms with Crippen LogP contribution in [0.15, 0.2) is 114 Å². The van der Waals surface area contributed by atoms with E-state index in [-0.39, 0.29) is 5.43 Å². The number of unbranched alkanes of at least 4 members (excludes halogenated alkanes) is 14. The SMILES string of the molecule is CCCCCCCCCCn1c2ccccc2c2cc(-c3ccc(-c4nsnc(-c5ccc(-c6ccc7c(c6)c6ccccc6n7CCCCCCCCCC)s5)c4=O)s3)ccc21. The molecule has 0 radical (unpaired) electrons. The zero-order valence-corrected chi connectivity index (χ0v) is 39.5. The molecule has 0 N–H and O–H groups in total. The van der Waals surface area contributed by atoms with Gasteiger partial charge in [-0.3, -0.25) is 4.79 Å². The van der Waals surface area contributed by atoms with E-state index in [0.717, 1.165) is 55.5 Å². The summed E-state index contributed by atoms with van der Waals surface area (Å²) in [5, 5.41) is 5.16. The van der Waals surface area contributed by atoms with E-state index >= 15 is 0 Å². The van der Waals surface area contributed by atoms with Crippen molar-refractivity contribution >= 4 is 78.0 Å². The van der Waals surface area contributed by atoms with Gasteiger partial charge in [0.2, 0.25) is 5.43 Å². The number of thiophene rings is 2. The fourth-order valence-corrected chi connectivity index (χ4v) is 12.2. The average molecular weight is 889 g/mol. The second-order valence-electron chi connectivity index (χ2n) is 17.4. The second kappa shape index (κ2) is 20.7. The zero-order valence-electron chi connectivity index (χ0n) is 37.0. The molecule has 0 bridgehead atoms. The van der Waals surface area contributed by atoms with E-state index in [1.165, 1.54) is 146 Å². The first kappa shape index (κ1) is 43.4. The lowest BCUT2D eigenvalue weighted by atomic mass is 10.1. The summed E-state index contributed by atoms with van der Waals surface area (Å²) in [4.78, 5) is 18.2. The number of aryl methyl sites for hydroxylation is 2. The molecule has 9 aromatic rings. The van der Waals surface area contributed by atoms with Crippen LogP contribution in [0.2, 0.25) is 0 Å². The molecule has 4 aromatic carbocycles. The topological polar surface area (TPSA) is 52.7 Å². The quantitative estimate of drug-likeness (QED) is 0.0637. The molecular formula is C55H60N4OS3. The van der Waals surface area contributed by atoms with Crippen molar-refractivity contribution in [2.45, 2.75) is 130 Å². The van der Waals surface area contributed by atoms with Crippen LogP contribution < -0.4 is 5.43 Å². The normalized spacial score (nSPS) is 11.9. The summed E-state index contributed by atoms with van der Waals surface area (Å²) in [7, 11) is 0. The highest BCUT2D eigenvalue weighted by molar-refractivity contribution is 7.19. The van der Waals surface area contributed by atoms with Crippen LogP contribution in [-0.2, 0) is 13.1 Å². The number of para-hydroxylation sites is 2. The Balaban J connectivity index is 0.915. The Morgan fingerprint density at radius 3 is 1.24 bits per heavy atom. The largest absolute Gasteiger partial charge is 0.340 e. The van der Waals surface area contributed by atoms with Crippen LogP contribution in [0, 0.1) is 0 Å². The maximum absolute atomic E-state index is 14.2. The van der Waals surface area contributed by atoms with E-state index in [2.05, 4.69) is 141 Å². The number of hydrogen-bond donors (Lipinski definition) is 0. The van der Waals surface area contributed by atoms with E-state index in [0.29, 0.717) is 11.4 Å². The van der Waals surface area contributed by atoms with Gasteiger partial charge in [0, 0.05) is 66.5 Å². The lowest BCUT2D eigenvalue weighted by molar-refractivity contribution is 0.553. The van der Waals surface area contributed by atoms with Gasteiger partial charge in [-0.15, -0.1) is 22.7 Å². The highest BCUT2D eigenvalue weighted by atomic mass is 32.1. The lowest BCUT2D eigenvalue weighted by Gasteiger charge is -2.08. The van der Waals surface area contributed by atoms with E-state index in [9.17, 15) is 4.79 Å². The average Bonchev–Trinajstić information content (AvgIpc) is 4.13. The molecule has 8 heteroatoms. The molecule has 0 amide bonds. The minimum absolute atomic E-state index is 0.116. The van der Waals surface area contributed by atoms with Crippen molar-refractivity contribution in [1.82, 2.24) is 17.9 Å². The van der Waals surface area contributed by atoms with Gasteiger partial charge in [0.05, 0.1) is 21.5 Å². The molecule has 0 unspecified atom stereocenters. The highest BCUT2D eigenvalue weighted by Crippen LogP contribution is 2.40. The van der Waals surface area contributed by atoms with Gasteiger partial charge in [-0.05, 0) is 84.6 Å². The molecule has 5 aromatic heterocycles. The van der Waals surface area contributed by atoms with Crippen molar-refractivity contribution in [1.29, 1.82) is 0 Å². The molecule has 0 saturated heterocycles. The van der Waals surface area contributed by atoms with Gasteiger partial charge < -0.3 is 9.13 Å². The van der Waals surface area contributed by atoms with Gasteiger partial charge >= 0.3 is 0 Å². The van der Waals surface area contributed by atoms with Crippen molar-refractivity contribution in [2.75, 3.05) is 0 Å². The molecule has 0 fully saturated rings. The minimum atomic E-state index is -0.116. The van der Waals surface area contributed by atoms with Crippen molar-refractivity contribution in [3.63, 3.8) is 0 Å². The summed E-state index contributed by atoms with van der Waals surface area (Å²) in [6.45, 7) is 6.64. The number of aromatic nitrogens is 4. The van der Waals surface area contributed by atoms with Crippen LogP contribution in [0.1, 0.15) is 117 Å². The molecule has 0 saturated carbocycles. The maximum atomic E-state index is 14.2. The van der Waals surface area contributed by atoms with Crippen LogP contribution in [-0.4, -0.2) is 17.9 Å². The van der Waals surface area contributed by atoms with Crippen LogP contribution in [0.4, 0.5) is 0 Å². The standard InChI is InChI=1S/C55H60N4OS3/c1-3-5-7-9-11-13-15-21-35-58-45-25-19-17-23-41(45)43-37-39(27-29-47(43)58)49-31-33-51(61-49)53-55(60)54(57-63-56-53)52-34-32-50(62-52)40-28-30-48-44(38-40)42-24-18-20-26-46(42)59(48)36-22-16-14-12-10-8-6-4-2/h17-20,23-34,37-38H,3-16,21-22,35-36H2,1-2H3. The number of hydrogen-bond acceptors (Lipinski definition) is 6. The first-order valence-electron chi connectivity index (χ1n) is 23.7. The molecule has 5 nitrogen and oxygen atoms in total. The molecule has 9 rings (SSSR count). The number of rotatable bonds is 22. The van der Waals surface area contributed by atoms with Crippen molar-refractivity contribution < 1.29 is 0 Å². The third kappa shape index (κ3) is 9.50. The first-order valence-corrected chi connectivity index (χ1v) is 26.1. The predicted molar refractivity (Wildman–Crippen MR) is 275 cm³/mol. The smallest absolute Gasteiger partial charge is 0.234 e. The summed E-state index contributed by atoms with van der Waals surface area (Å²) in [6.07, 6.45) is 21.1. The van der Waals surface area contributed by atoms with Gasteiger partial charge in [0.1, 0.15) is 11.4 Å². The molecule has 0 aliphatic heterocycles. The summed E-state index contributed by atoms with van der Waals surface area (Å²) >= 11 is 4.38. The molecule has 0 atom stereocenters. The number of fused-ring (bicyclic) bond motifs is 6. The minimum Gasteiger partial charge on any atom is -0.340 e. The van der Waals surface area contributed by atoms with Gasteiger partial charge in [0.15, 0.2) is 0 Å². The first-order chi connectivity index (χ1) is 31.1. The Hall–Kier alpha value is -4.89. The van der Waals surface area contributed by atoms with E-state index in [4.69, 9.17) is 0 Å². The summed E-state index contributed by atoms with van der Waals surface area (Å²) in [6, 6.07) is 39.8. The molecule has 0 aliphatic rings. The second-order valence-corrected chi connectivity index (χ2v) is 20.1. The highest BCUT2D eigenvalue weighted by Gasteiger charge is 2.19. The molecule has 324 valence electrons. The van der Waals surface area contributed by atoms with Crippen molar-refractivity contribution in [3.05, 3.63) is 119 Å². The lowest BCUT2D eigenvalue weighted by Crippen LogP contribution is -2.09. The third-order valence-corrected chi connectivity index (χ3v) is 15.8. The third-order valence-electron chi connectivity index (χ3n) is 13.0. The van der Waals surface area contributed by atoms with Gasteiger partial charge in [0.25, 0.3) is 0 Å². The van der Waals surface area contributed by atoms with Crippen LogP contribution >= 0.6 is 34.4 Å². The molecular weight excluding hydrogens is 829 g/mol. The van der Waals surface area contributed by atoms with E-state index < -0.39 is 0 Å². The zero-order chi connectivity index (χ0) is 43.0. The summed E-state index contributed by atoms with van der Waals surface area (Å²) in [5.41, 5.74) is 8.36. The molecule has 0 aliphatic carbocycles. The Morgan fingerprint density at radius 2 is 0.794 bits per heavy atom. The Bertz CT molecular complexity index is 2800. The van der Waals surface area contributed by atoms with Crippen LogP contribution in [0.3, 0.4) is 0 Å². The van der Waals surface area contributed by atoms with Gasteiger partial charge in [-0.25, -0.2) is 0 Å². The maximum Gasteiger partial charge on any atom is 0.234 e. The Labute approximate surface area is 384 Å². The number of nitrogens with zero attached hydrogens (tertiary/aromatic N) is 4. The molecule has 0 spiro atoms. The van der Waals surface area contributed by atoms with Gasteiger partial charge in [-0.2, -0.15) is 8.75 Å². The summed E-state index contributed by atoms with van der Waals surface area (Å²) in [5.74, 6) is 0. The molecule has 5 heterocycles. The van der Waals surface area contributed by atoms with Crippen LogP contribution in [0.5, 0.6) is 0 Å². The Morgan fingerprint density at radius 1 is 0.413 bits per heavy atom.